The summed E-state index contributed by atoms with van der Waals surface area (Å²) in [6.07, 6.45) is 12.9. The third-order valence-electron chi connectivity index (χ3n) is 4.74. The van der Waals surface area contributed by atoms with Crippen molar-refractivity contribution in [2.45, 2.75) is 64.3 Å². The van der Waals surface area contributed by atoms with E-state index >= 15 is 0 Å². The van der Waals surface area contributed by atoms with Crippen LogP contribution in [0.1, 0.15) is 63.6 Å². The van der Waals surface area contributed by atoms with Crippen LogP contribution in [0.3, 0.4) is 0 Å². The van der Waals surface area contributed by atoms with E-state index in [1.54, 1.807) is 0 Å². The van der Waals surface area contributed by atoms with E-state index in [0.717, 1.165) is 36.4 Å². The van der Waals surface area contributed by atoms with Crippen molar-refractivity contribution in [3.63, 3.8) is 0 Å². The summed E-state index contributed by atoms with van der Waals surface area (Å²) < 4.78 is 2.08. The van der Waals surface area contributed by atoms with Crippen molar-refractivity contribution in [3.8, 4) is 0 Å². The first-order valence-electron chi connectivity index (χ1n) is 7.98. The smallest absolute Gasteiger partial charge is 0.164 e. The molecule has 1 atom stereocenters. The number of ketones is 1. The molecule has 0 saturated heterocycles. The van der Waals surface area contributed by atoms with Crippen molar-refractivity contribution in [1.29, 1.82) is 0 Å². The van der Waals surface area contributed by atoms with Crippen LogP contribution >= 0.6 is 0 Å². The molecule has 0 aromatic carbocycles. The number of Topliss-reactive ketones (excluding diaryl/α,β-unsaturated/α-hetero) is 1. The molecule has 0 bridgehead atoms. The predicted molar refractivity (Wildman–Crippen MR) is 79.5 cm³/mol. The fraction of sp³-hybridized carbons (Fsp3) is 0.647. The summed E-state index contributed by atoms with van der Waals surface area (Å²) in [4.78, 5) is 12.3. The molecule has 2 aliphatic carbocycles. The van der Waals surface area contributed by atoms with E-state index in [2.05, 4.69) is 29.0 Å². The second kappa shape index (κ2) is 5.94. The maximum atomic E-state index is 12.3. The zero-order valence-electron chi connectivity index (χ0n) is 12.3. The minimum Gasteiger partial charge on any atom is -0.294 e. The van der Waals surface area contributed by atoms with Gasteiger partial charge < -0.3 is 0 Å². The van der Waals surface area contributed by atoms with Crippen LogP contribution in [0, 0.1) is 5.92 Å². The van der Waals surface area contributed by atoms with E-state index in [9.17, 15) is 4.79 Å². The lowest BCUT2D eigenvalue weighted by molar-refractivity contribution is -0.115. The Labute approximate surface area is 121 Å². The van der Waals surface area contributed by atoms with Gasteiger partial charge in [0.2, 0.25) is 0 Å². The Morgan fingerprint density at radius 3 is 2.85 bits per heavy atom. The molecular weight excluding hydrogens is 248 g/mol. The van der Waals surface area contributed by atoms with Gasteiger partial charge >= 0.3 is 0 Å². The minimum absolute atomic E-state index is 0.272. The van der Waals surface area contributed by atoms with Crippen molar-refractivity contribution in [1.82, 2.24) is 9.78 Å². The van der Waals surface area contributed by atoms with Crippen LogP contribution in [0.15, 0.2) is 23.9 Å². The topological polar surface area (TPSA) is 34.9 Å². The monoisotopic (exact) mass is 272 g/mol. The first-order valence-corrected chi connectivity index (χ1v) is 7.98. The van der Waals surface area contributed by atoms with Crippen LogP contribution in [0.25, 0.3) is 0 Å². The second-order valence-electron chi connectivity index (χ2n) is 6.43. The largest absolute Gasteiger partial charge is 0.294 e. The molecule has 1 heterocycles. The highest BCUT2D eigenvalue weighted by molar-refractivity contribution is 5.96. The lowest BCUT2D eigenvalue weighted by Crippen LogP contribution is -2.13. The van der Waals surface area contributed by atoms with Gasteiger partial charge in [0.15, 0.2) is 5.78 Å². The van der Waals surface area contributed by atoms with Gasteiger partial charge in [-0.25, -0.2) is 0 Å². The molecule has 108 valence electrons. The number of rotatable bonds is 4. The lowest BCUT2D eigenvalue weighted by Gasteiger charge is -2.16. The zero-order chi connectivity index (χ0) is 13.9. The Morgan fingerprint density at radius 2 is 2.15 bits per heavy atom. The fourth-order valence-electron chi connectivity index (χ4n) is 3.34. The summed E-state index contributed by atoms with van der Waals surface area (Å²) >= 11 is 0. The van der Waals surface area contributed by atoms with Gasteiger partial charge in [0.05, 0.1) is 18.2 Å². The summed E-state index contributed by atoms with van der Waals surface area (Å²) in [5.74, 6) is 1.00. The van der Waals surface area contributed by atoms with E-state index in [-0.39, 0.29) is 5.78 Å². The quantitative estimate of drug-likeness (QED) is 0.834. The molecule has 0 N–H and O–H groups in total. The van der Waals surface area contributed by atoms with Crippen LogP contribution in [0.4, 0.5) is 0 Å². The normalized spacial score (nSPS) is 23.9. The van der Waals surface area contributed by atoms with Gasteiger partial charge in [-0.3, -0.25) is 9.48 Å². The zero-order valence-corrected chi connectivity index (χ0v) is 12.3. The molecule has 1 saturated carbocycles. The molecule has 3 rings (SSSR count). The van der Waals surface area contributed by atoms with Crippen molar-refractivity contribution in [2.75, 3.05) is 0 Å². The van der Waals surface area contributed by atoms with Crippen LogP contribution in [0.5, 0.6) is 0 Å². The number of allylic oxidation sites excluding steroid dienone is 2. The van der Waals surface area contributed by atoms with E-state index < -0.39 is 0 Å². The first-order chi connectivity index (χ1) is 9.72. The summed E-state index contributed by atoms with van der Waals surface area (Å²) in [6.45, 7) is 2.25. The number of carbonyl (C=O) groups is 1. The lowest BCUT2D eigenvalue weighted by atomic mass is 9.88. The summed E-state index contributed by atoms with van der Waals surface area (Å²) in [6, 6.07) is 2.58. The van der Waals surface area contributed by atoms with E-state index in [1.807, 2.05) is 6.07 Å². The molecule has 1 unspecified atom stereocenters. The van der Waals surface area contributed by atoms with E-state index in [4.69, 9.17) is 0 Å². The molecule has 0 radical (unpaired) electrons. The molecule has 1 fully saturated rings. The van der Waals surface area contributed by atoms with Crippen LogP contribution in [-0.2, 0) is 11.2 Å². The number of hydrogen-bond donors (Lipinski definition) is 0. The van der Waals surface area contributed by atoms with Crippen LogP contribution < -0.4 is 0 Å². The molecule has 20 heavy (non-hydrogen) atoms. The molecule has 3 heteroatoms. The Kier molecular flexibility index (Phi) is 4.04. The van der Waals surface area contributed by atoms with Gasteiger partial charge in [-0.1, -0.05) is 25.8 Å². The maximum Gasteiger partial charge on any atom is 0.164 e. The molecule has 2 aliphatic rings. The van der Waals surface area contributed by atoms with Gasteiger partial charge in [-0.15, -0.1) is 0 Å². The second-order valence-corrected chi connectivity index (χ2v) is 6.43. The minimum atomic E-state index is 0.272. The van der Waals surface area contributed by atoms with E-state index in [0.29, 0.717) is 12.5 Å². The molecule has 3 nitrogen and oxygen atoms in total. The molecule has 0 amide bonds. The summed E-state index contributed by atoms with van der Waals surface area (Å²) in [5, 5.41) is 4.61. The molecule has 0 spiro atoms. The average molecular weight is 272 g/mol. The fourth-order valence-corrected chi connectivity index (χ4v) is 3.34. The molecule has 0 aliphatic heterocycles. The van der Waals surface area contributed by atoms with Gasteiger partial charge in [0.1, 0.15) is 0 Å². The number of aromatic nitrogens is 2. The van der Waals surface area contributed by atoms with Crippen molar-refractivity contribution in [3.05, 3.63) is 29.6 Å². The highest BCUT2D eigenvalue weighted by Crippen LogP contribution is 2.29. The molecule has 1 aromatic heterocycles. The van der Waals surface area contributed by atoms with E-state index in [1.165, 1.54) is 25.7 Å². The van der Waals surface area contributed by atoms with Crippen molar-refractivity contribution in [2.24, 2.45) is 5.92 Å². The Morgan fingerprint density at radius 1 is 1.35 bits per heavy atom. The van der Waals surface area contributed by atoms with Gasteiger partial charge in [0, 0.05) is 6.20 Å². The number of nitrogens with zero attached hydrogens (tertiary/aromatic N) is 2. The van der Waals surface area contributed by atoms with Gasteiger partial charge in [0.25, 0.3) is 0 Å². The van der Waals surface area contributed by atoms with Gasteiger partial charge in [-0.2, -0.15) is 5.10 Å². The highest BCUT2D eigenvalue weighted by Gasteiger charge is 2.20. The van der Waals surface area contributed by atoms with Gasteiger partial charge in [-0.05, 0) is 49.7 Å². The van der Waals surface area contributed by atoms with Crippen molar-refractivity contribution >= 4 is 5.78 Å². The van der Waals surface area contributed by atoms with Crippen LogP contribution in [0.2, 0.25) is 0 Å². The Hall–Kier alpha value is -1.38. The predicted octanol–water partition coefficient (Wildman–Crippen LogP) is 3.86. The Balaban J connectivity index is 1.61. The third-order valence-corrected chi connectivity index (χ3v) is 4.74. The first kappa shape index (κ1) is 13.6. The summed E-state index contributed by atoms with van der Waals surface area (Å²) in [7, 11) is 0. The standard InChI is InChI=1S/C17H24N2O/c1-13-6-8-14(9-7-13)17(20)12-15-10-11-19(18-15)16-4-2-3-5-16/h8,10-11,13,16H,2-7,9,12H2,1H3. The molecule has 1 aromatic rings. The SMILES string of the molecule is CC1CC=C(C(=O)Cc2ccn(C3CCCC3)n2)CC1. The highest BCUT2D eigenvalue weighted by atomic mass is 16.1. The summed E-state index contributed by atoms with van der Waals surface area (Å²) in [5.41, 5.74) is 1.96. The maximum absolute atomic E-state index is 12.3. The Bertz CT molecular complexity index is 509. The number of hydrogen-bond acceptors (Lipinski definition) is 2. The number of carbonyl (C=O) groups excluding carboxylic acids is 1. The van der Waals surface area contributed by atoms with Crippen LogP contribution in [-0.4, -0.2) is 15.6 Å². The van der Waals surface area contributed by atoms with Crippen molar-refractivity contribution < 1.29 is 4.79 Å². The average Bonchev–Trinajstić information content (AvgIpc) is 3.09. The third kappa shape index (κ3) is 3.02. The molecular formula is C17H24N2O.